The van der Waals surface area contributed by atoms with Gasteiger partial charge in [0.2, 0.25) is 0 Å². The Morgan fingerprint density at radius 2 is 0.639 bits per heavy atom. The topological polar surface area (TPSA) is 197 Å². The lowest BCUT2D eigenvalue weighted by atomic mass is 9.89. The summed E-state index contributed by atoms with van der Waals surface area (Å²) >= 11 is 0. The average Bonchev–Trinajstić information content (AvgIpc) is 3.44. The molecule has 0 saturated carbocycles. The van der Waals surface area contributed by atoms with Crippen molar-refractivity contribution in [2.75, 3.05) is 21.3 Å². The van der Waals surface area contributed by atoms with Crippen molar-refractivity contribution in [3.05, 3.63) is 249 Å². The quantitative estimate of drug-likeness (QED) is 0.0405. The molecule has 7 aromatic rings. The van der Waals surface area contributed by atoms with Crippen molar-refractivity contribution in [2.45, 2.75) is 69.9 Å². The molecule has 0 bridgehead atoms. The summed E-state index contributed by atoms with van der Waals surface area (Å²) in [5.41, 5.74) is 9.22. The molecule has 5 N–H and O–H groups in total. The van der Waals surface area contributed by atoms with E-state index in [0.717, 1.165) is 50.1 Å². The summed E-state index contributed by atoms with van der Waals surface area (Å²) in [6.45, 7) is -0.362. The van der Waals surface area contributed by atoms with Gasteiger partial charge in [0, 0.05) is 0 Å². The van der Waals surface area contributed by atoms with E-state index in [9.17, 15) is 39.6 Å². The Hall–Kier alpha value is -7.74. The van der Waals surface area contributed by atoms with E-state index < -0.39 is 23.7 Å². The highest BCUT2D eigenvalue weighted by Gasteiger charge is 2.26. The molecule has 0 aliphatic carbocycles. The Morgan fingerprint density at radius 3 is 0.944 bits per heavy atom. The van der Waals surface area contributed by atoms with Crippen molar-refractivity contribution in [3.63, 3.8) is 0 Å². The van der Waals surface area contributed by atoms with Crippen molar-refractivity contribution in [3.8, 4) is 0 Å². The number of carboxylic acids is 1. The molecule has 3 atom stereocenters. The summed E-state index contributed by atoms with van der Waals surface area (Å²) in [7, 11) is 4.13. The molecule has 0 radical (unpaired) electrons. The summed E-state index contributed by atoms with van der Waals surface area (Å²) in [5, 5.41) is 46.6. The first kappa shape index (κ1) is 56.8. The molecule has 0 fully saturated rings. The van der Waals surface area contributed by atoms with Gasteiger partial charge in [0.05, 0.1) is 71.9 Å². The van der Waals surface area contributed by atoms with Gasteiger partial charge in [-0.05, 0) is 80.5 Å². The number of hydrogen-bond donors (Lipinski definition) is 5. The molecule has 7 rings (SSSR count). The molecule has 0 aromatic heterocycles. The van der Waals surface area contributed by atoms with Crippen molar-refractivity contribution in [1.29, 1.82) is 0 Å². The number of aliphatic carboxylic acids is 1. The predicted molar refractivity (Wildman–Crippen MR) is 276 cm³/mol. The van der Waals surface area contributed by atoms with Crippen molar-refractivity contribution < 1.29 is 58.9 Å². The van der Waals surface area contributed by atoms with Gasteiger partial charge in [-0.15, -0.1) is 0 Å². The normalized spacial score (nSPS) is 11.5. The van der Waals surface area contributed by atoms with E-state index in [-0.39, 0.29) is 50.8 Å². The number of hydrogen-bond acceptors (Lipinski definition) is 11. The van der Waals surface area contributed by atoms with Crippen LogP contribution in [0, 0.1) is 0 Å². The lowest BCUT2D eigenvalue weighted by Crippen LogP contribution is -2.18. The smallest absolute Gasteiger partial charge is 0.313 e. The summed E-state index contributed by atoms with van der Waals surface area (Å²) in [5.74, 6) is -3.16. The summed E-state index contributed by atoms with van der Waals surface area (Å²) in [6.07, 6.45) is 1.76. The molecule has 12 heteroatoms. The first-order valence-electron chi connectivity index (χ1n) is 23.3. The number of benzene rings is 7. The first-order valence-corrected chi connectivity index (χ1v) is 23.3. The van der Waals surface area contributed by atoms with Crippen LogP contribution in [0.1, 0.15) is 79.0 Å². The van der Waals surface area contributed by atoms with Crippen molar-refractivity contribution >= 4 is 23.9 Å². The highest BCUT2D eigenvalue weighted by Crippen LogP contribution is 2.28. The minimum Gasteiger partial charge on any atom is -0.481 e. The van der Waals surface area contributed by atoms with Crippen LogP contribution in [0.25, 0.3) is 0 Å². The molecule has 3 unspecified atom stereocenters. The lowest BCUT2D eigenvalue weighted by Gasteiger charge is -2.18. The molecule has 72 heavy (non-hydrogen) atoms. The van der Waals surface area contributed by atoms with Crippen LogP contribution in [0.2, 0.25) is 0 Å². The number of carbonyl (C=O) groups excluding carboxylic acids is 3. The Bertz CT molecular complexity index is 2600. The number of carbonyl (C=O) groups is 4. The van der Waals surface area contributed by atoms with E-state index in [0.29, 0.717) is 30.4 Å². The molecule has 0 heterocycles. The van der Waals surface area contributed by atoms with Gasteiger partial charge in [0.1, 0.15) is 0 Å². The van der Waals surface area contributed by atoms with Gasteiger partial charge in [-0.3, -0.25) is 19.2 Å². The van der Waals surface area contributed by atoms with E-state index in [1.54, 1.807) is 30.3 Å². The third-order valence-corrected chi connectivity index (χ3v) is 11.8. The summed E-state index contributed by atoms with van der Waals surface area (Å²) < 4.78 is 14.4. The zero-order chi connectivity index (χ0) is 52.1. The standard InChI is InChI=1S/2C17H18O3.C16H16O3.C10H12O3/c2*1-20-17(19)16(11-13-7-3-2-4-8-13)15-10-6-5-9-14(15)12-18;17-11-13-8-4-5-9-14(13)15(16(18)19)10-12-6-2-1-3-7-12;1-13-10(12)6-8-4-2-3-5-9(8)7-11/h2*2-10,16,18H,11-12H2,1H3;1-9,15,17H,10-11H2,(H,18,19);2-5,11H,6-7H2,1H3. The van der Waals surface area contributed by atoms with Gasteiger partial charge in [0.25, 0.3) is 0 Å². The van der Waals surface area contributed by atoms with E-state index in [1.165, 1.54) is 21.3 Å². The van der Waals surface area contributed by atoms with Crippen LogP contribution in [-0.2, 0) is 85.5 Å². The molecule has 376 valence electrons. The molecule has 0 amide bonds. The average molecular weight is 977 g/mol. The maximum absolute atomic E-state index is 12.1. The zero-order valence-corrected chi connectivity index (χ0v) is 40.9. The van der Waals surface area contributed by atoms with Crippen LogP contribution in [0.5, 0.6) is 0 Å². The molecule has 12 nitrogen and oxygen atoms in total. The number of ether oxygens (including phenoxy) is 3. The maximum atomic E-state index is 12.1. The van der Waals surface area contributed by atoms with Gasteiger partial charge in [0.15, 0.2) is 0 Å². The minimum absolute atomic E-state index is 0.0484. The maximum Gasteiger partial charge on any atom is 0.313 e. The Balaban J connectivity index is 0.000000211. The third kappa shape index (κ3) is 17.9. The largest absolute Gasteiger partial charge is 0.481 e. The first-order chi connectivity index (χ1) is 35.0. The number of methoxy groups -OCH3 is 3. The van der Waals surface area contributed by atoms with Crippen LogP contribution in [-0.4, -0.2) is 70.7 Å². The second kappa shape index (κ2) is 31.5. The van der Waals surface area contributed by atoms with Crippen LogP contribution >= 0.6 is 0 Å². The number of rotatable bonds is 18. The summed E-state index contributed by atoms with van der Waals surface area (Å²) in [4.78, 5) is 46.6. The fourth-order valence-corrected chi connectivity index (χ4v) is 7.97. The van der Waals surface area contributed by atoms with Crippen molar-refractivity contribution in [1.82, 2.24) is 0 Å². The van der Waals surface area contributed by atoms with Gasteiger partial charge < -0.3 is 39.7 Å². The predicted octanol–water partition coefficient (Wildman–Crippen LogP) is 8.84. The Kier molecular flexibility index (Phi) is 24.9. The van der Waals surface area contributed by atoms with Crippen molar-refractivity contribution in [2.24, 2.45) is 0 Å². The molecule has 0 aliphatic rings. The molecule has 0 aliphatic heterocycles. The monoisotopic (exact) mass is 976 g/mol. The summed E-state index contributed by atoms with van der Waals surface area (Å²) in [6, 6.07) is 58.4. The van der Waals surface area contributed by atoms with Crippen LogP contribution in [0.3, 0.4) is 0 Å². The van der Waals surface area contributed by atoms with E-state index in [2.05, 4.69) is 4.74 Å². The third-order valence-electron chi connectivity index (χ3n) is 11.8. The fraction of sp³-hybridized carbons (Fsp3) is 0.233. The molecular formula is C60H64O12. The van der Waals surface area contributed by atoms with Gasteiger partial charge in [-0.25, -0.2) is 0 Å². The van der Waals surface area contributed by atoms with Gasteiger partial charge in [-0.2, -0.15) is 0 Å². The molecule has 7 aromatic carbocycles. The zero-order valence-electron chi connectivity index (χ0n) is 40.9. The van der Waals surface area contributed by atoms with Gasteiger partial charge >= 0.3 is 23.9 Å². The highest BCUT2D eigenvalue weighted by atomic mass is 16.5. The van der Waals surface area contributed by atoms with Gasteiger partial charge in [-0.1, -0.05) is 188 Å². The minimum atomic E-state index is -0.871. The second-order valence-corrected chi connectivity index (χ2v) is 16.4. The molecule has 0 spiro atoms. The number of carboxylic acid groups (broad SMARTS) is 1. The van der Waals surface area contributed by atoms with Crippen LogP contribution in [0.15, 0.2) is 188 Å². The second-order valence-electron chi connectivity index (χ2n) is 16.4. The number of esters is 3. The fourth-order valence-electron chi connectivity index (χ4n) is 7.97. The van der Waals surface area contributed by atoms with E-state index in [4.69, 9.17) is 14.6 Å². The highest BCUT2D eigenvalue weighted by molar-refractivity contribution is 5.80. The number of aliphatic hydroxyl groups is 4. The van der Waals surface area contributed by atoms with E-state index in [1.807, 2.05) is 158 Å². The molecule has 0 saturated heterocycles. The Labute approximate surface area is 421 Å². The van der Waals surface area contributed by atoms with Crippen LogP contribution in [0.4, 0.5) is 0 Å². The van der Waals surface area contributed by atoms with E-state index >= 15 is 0 Å². The molecular weight excluding hydrogens is 913 g/mol. The SMILES string of the molecule is COC(=O)C(Cc1ccccc1)c1ccccc1CO.COC(=O)C(Cc1ccccc1)c1ccccc1CO.COC(=O)Cc1ccccc1CO.O=C(O)C(Cc1ccccc1)c1ccccc1CO. The lowest BCUT2D eigenvalue weighted by molar-refractivity contribution is -0.143. The van der Waals surface area contributed by atoms with Crippen LogP contribution < -0.4 is 0 Å². The number of aliphatic hydroxyl groups excluding tert-OH is 4. The Morgan fingerprint density at radius 1 is 0.361 bits per heavy atom.